The van der Waals surface area contributed by atoms with E-state index < -0.39 is 18.6 Å². The molecule has 2 atom stereocenters. The van der Waals surface area contributed by atoms with Crippen LogP contribution in [0.2, 0.25) is 0 Å². The summed E-state index contributed by atoms with van der Waals surface area (Å²) in [6.45, 7) is -0.422. The number of aliphatic hydroxyl groups is 1. The zero-order chi connectivity index (χ0) is 20.9. The van der Waals surface area contributed by atoms with Crippen molar-refractivity contribution in [1.82, 2.24) is 4.98 Å². The molecule has 0 saturated carbocycles. The number of pyridine rings is 1. The summed E-state index contributed by atoms with van der Waals surface area (Å²) in [7, 11) is 0. The number of hydrogen-bond donors (Lipinski definition) is 3. The largest absolute Gasteiger partial charge is 0.485 e. The van der Waals surface area contributed by atoms with Crippen LogP contribution in [0.1, 0.15) is 23.7 Å². The van der Waals surface area contributed by atoms with Crippen LogP contribution in [0.5, 0.6) is 17.4 Å². The Labute approximate surface area is 174 Å². The van der Waals surface area contributed by atoms with E-state index in [1.54, 1.807) is 12.1 Å². The zero-order valence-electron chi connectivity index (χ0n) is 16.3. The molecule has 0 aliphatic carbocycles. The Hall–Kier alpha value is -3.42. The van der Waals surface area contributed by atoms with Gasteiger partial charge >= 0.3 is 0 Å². The average Bonchev–Trinajstić information content (AvgIpc) is 2.80. The van der Waals surface area contributed by atoms with Crippen molar-refractivity contribution in [2.45, 2.75) is 25.0 Å². The van der Waals surface area contributed by atoms with Crippen LogP contribution in [0.3, 0.4) is 0 Å². The van der Waals surface area contributed by atoms with Crippen LogP contribution in [-0.2, 0) is 11.2 Å². The predicted octanol–water partition coefficient (Wildman–Crippen LogP) is 3.20. The number of benzene rings is 2. The molecule has 2 heterocycles. The molecule has 0 bridgehead atoms. The van der Waals surface area contributed by atoms with Crippen molar-refractivity contribution in [2.75, 3.05) is 11.9 Å². The van der Waals surface area contributed by atoms with Gasteiger partial charge in [-0.3, -0.25) is 4.79 Å². The first kappa shape index (κ1) is 19.9. The second kappa shape index (κ2) is 8.94. The third-order valence-corrected chi connectivity index (χ3v) is 4.91. The van der Waals surface area contributed by atoms with Gasteiger partial charge < -0.3 is 25.6 Å². The molecule has 1 aromatic heterocycles. The van der Waals surface area contributed by atoms with Gasteiger partial charge in [0.15, 0.2) is 0 Å². The number of carbonyl (C=O) groups excluding carboxylic acids is 1. The highest BCUT2D eigenvalue weighted by Crippen LogP contribution is 2.37. The summed E-state index contributed by atoms with van der Waals surface area (Å²) in [6.07, 6.45) is 3.34. The quantitative estimate of drug-likeness (QED) is 0.581. The molecular formula is C23H23N3O4. The van der Waals surface area contributed by atoms with Gasteiger partial charge in [-0.1, -0.05) is 30.3 Å². The Morgan fingerprint density at radius 2 is 2.07 bits per heavy atom. The molecule has 0 radical (unpaired) electrons. The molecule has 3 aromatic rings. The monoisotopic (exact) mass is 405 g/mol. The predicted molar refractivity (Wildman–Crippen MR) is 113 cm³/mol. The number of aliphatic hydroxyl groups excluding tert-OH is 1. The van der Waals surface area contributed by atoms with Crippen LogP contribution in [-0.4, -0.2) is 28.6 Å². The minimum Gasteiger partial charge on any atom is -0.485 e. The van der Waals surface area contributed by atoms with Crippen molar-refractivity contribution < 1.29 is 19.4 Å². The number of aromatic nitrogens is 1. The van der Waals surface area contributed by atoms with Crippen molar-refractivity contribution in [3.8, 4) is 17.4 Å². The van der Waals surface area contributed by atoms with E-state index in [2.05, 4.69) is 22.4 Å². The summed E-state index contributed by atoms with van der Waals surface area (Å²) >= 11 is 0. The number of rotatable bonds is 6. The van der Waals surface area contributed by atoms with Crippen LogP contribution in [0.15, 0.2) is 66.9 Å². The summed E-state index contributed by atoms with van der Waals surface area (Å²) in [5, 5.41) is 11.5. The Kier molecular flexibility index (Phi) is 5.92. The van der Waals surface area contributed by atoms with E-state index in [0.29, 0.717) is 17.3 Å². The van der Waals surface area contributed by atoms with Gasteiger partial charge in [0.2, 0.25) is 11.8 Å². The number of nitrogens with zero attached hydrogens (tertiary/aromatic N) is 1. The highest BCUT2D eigenvalue weighted by molar-refractivity contribution is 5.94. The molecular weight excluding hydrogens is 382 g/mol. The van der Waals surface area contributed by atoms with E-state index in [4.69, 9.17) is 20.3 Å². The molecule has 4 rings (SSSR count). The molecule has 7 heteroatoms. The third kappa shape index (κ3) is 4.59. The molecule has 2 aromatic carbocycles. The summed E-state index contributed by atoms with van der Waals surface area (Å²) in [4.78, 5) is 15.9. The highest BCUT2D eigenvalue weighted by Gasteiger charge is 2.21. The van der Waals surface area contributed by atoms with Gasteiger partial charge in [-0.2, -0.15) is 0 Å². The first-order valence-corrected chi connectivity index (χ1v) is 9.78. The SMILES string of the molecule is N[C@@H](CO)C(=O)Nc1ccc(Oc2ccc3c(c2)CCC(c2ccccc2)O3)nc1. The topological polar surface area (TPSA) is 107 Å². The molecule has 1 unspecified atom stereocenters. The first-order chi connectivity index (χ1) is 14.6. The van der Waals surface area contributed by atoms with E-state index in [-0.39, 0.29) is 6.10 Å². The van der Waals surface area contributed by atoms with E-state index in [0.717, 1.165) is 24.2 Å². The van der Waals surface area contributed by atoms with Crippen LogP contribution in [0, 0.1) is 0 Å². The fourth-order valence-electron chi connectivity index (χ4n) is 3.28. The Bertz CT molecular complexity index is 1010. The maximum absolute atomic E-state index is 11.7. The molecule has 4 N–H and O–H groups in total. The second-order valence-corrected chi connectivity index (χ2v) is 7.09. The number of nitrogens with one attached hydrogen (secondary N) is 1. The lowest BCUT2D eigenvalue weighted by molar-refractivity contribution is -0.118. The number of ether oxygens (including phenoxy) is 2. The van der Waals surface area contributed by atoms with Crippen molar-refractivity contribution in [3.63, 3.8) is 0 Å². The van der Waals surface area contributed by atoms with Gasteiger partial charge in [-0.05, 0) is 48.2 Å². The number of aryl methyl sites for hydroxylation is 1. The minimum atomic E-state index is -0.972. The number of carbonyl (C=O) groups is 1. The van der Waals surface area contributed by atoms with Gasteiger partial charge in [0.05, 0.1) is 18.5 Å². The van der Waals surface area contributed by atoms with Crippen molar-refractivity contribution in [1.29, 1.82) is 0 Å². The van der Waals surface area contributed by atoms with Crippen molar-refractivity contribution in [2.24, 2.45) is 5.73 Å². The Morgan fingerprint density at radius 1 is 1.23 bits per heavy atom. The molecule has 1 aliphatic rings. The molecule has 1 aliphatic heterocycles. The Morgan fingerprint density at radius 3 is 2.80 bits per heavy atom. The Balaban J connectivity index is 1.40. The number of fused-ring (bicyclic) bond motifs is 1. The number of nitrogens with two attached hydrogens (primary N) is 1. The summed E-state index contributed by atoms with van der Waals surface area (Å²) in [5.74, 6) is 1.46. The first-order valence-electron chi connectivity index (χ1n) is 9.78. The van der Waals surface area contributed by atoms with E-state index in [9.17, 15) is 4.79 Å². The van der Waals surface area contributed by atoms with E-state index >= 15 is 0 Å². The van der Waals surface area contributed by atoms with Gasteiger partial charge in [0, 0.05) is 6.07 Å². The normalized spacial score (nSPS) is 16.1. The number of anilines is 1. The maximum atomic E-state index is 11.7. The van der Waals surface area contributed by atoms with Crippen LogP contribution >= 0.6 is 0 Å². The number of hydrogen-bond acceptors (Lipinski definition) is 6. The van der Waals surface area contributed by atoms with Crippen LogP contribution in [0.25, 0.3) is 0 Å². The number of amides is 1. The average molecular weight is 405 g/mol. The molecule has 0 saturated heterocycles. The molecule has 0 fully saturated rings. The molecule has 7 nitrogen and oxygen atoms in total. The third-order valence-electron chi connectivity index (χ3n) is 4.91. The van der Waals surface area contributed by atoms with Crippen molar-refractivity contribution >= 4 is 11.6 Å². The van der Waals surface area contributed by atoms with Crippen molar-refractivity contribution in [3.05, 3.63) is 78.0 Å². The fourth-order valence-corrected chi connectivity index (χ4v) is 3.28. The lowest BCUT2D eigenvalue weighted by atomic mass is 9.97. The minimum absolute atomic E-state index is 0.0637. The second-order valence-electron chi connectivity index (χ2n) is 7.09. The lowest BCUT2D eigenvalue weighted by Gasteiger charge is -2.26. The van der Waals surface area contributed by atoms with Gasteiger partial charge in [0.1, 0.15) is 23.6 Å². The molecule has 154 valence electrons. The summed E-state index contributed by atoms with van der Waals surface area (Å²) in [6, 6.07) is 18.3. The molecule has 30 heavy (non-hydrogen) atoms. The van der Waals surface area contributed by atoms with Gasteiger partial charge in [-0.25, -0.2) is 4.98 Å². The maximum Gasteiger partial charge on any atom is 0.243 e. The zero-order valence-corrected chi connectivity index (χ0v) is 16.3. The standard InChI is InChI=1S/C23H23N3O4/c24-19(14-27)23(28)26-17-7-11-22(25-13-17)29-18-8-10-21-16(12-18)6-9-20(30-21)15-4-2-1-3-5-15/h1-5,7-8,10-13,19-20,27H,6,9,14,24H2,(H,26,28)/t19-,20?/m0/s1. The van der Waals surface area contributed by atoms with Gasteiger partial charge in [-0.15, -0.1) is 0 Å². The lowest BCUT2D eigenvalue weighted by Crippen LogP contribution is -2.38. The fraction of sp³-hybridized carbons (Fsp3) is 0.217. The van der Waals surface area contributed by atoms with E-state index in [1.807, 2.05) is 36.4 Å². The van der Waals surface area contributed by atoms with Gasteiger partial charge in [0.25, 0.3) is 0 Å². The van der Waals surface area contributed by atoms with E-state index in [1.165, 1.54) is 11.8 Å². The van der Waals surface area contributed by atoms with Crippen LogP contribution < -0.4 is 20.5 Å². The molecule has 1 amide bonds. The summed E-state index contributed by atoms with van der Waals surface area (Å²) in [5.41, 5.74) is 8.23. The summed E-state index contributed by atoms with van der Waals surface area (Å²) < 4.78 is 12.0. The smallest absolute Gasteiger partial charge is 0.243 e. The highest BCUT2D eigenvalue weighted by atomic mass is 16.5. The van der Waals surface area contributed by atoms with Crippen LogP contribution in [0.4, 0.5) is 5.69 Å². The molecule has 0 spiro atoms.